The van der Waals surface area contributed by atoms with Crippen molar-refractivity contribution in [1.82, 2.24) is 19.8 Å². The van der Waals surface area contributed by atoms with Gasteiger partial charge < -0.3 is 14.5 Å². The van der Waals surface area contributed by atoms with Crippen molar-refractivity contribution in [2.45, 2.75) is 45.2 Å². The summed E-state index contributed by atoms with van der Waals surface area (Å²) in [5.74, 6) is 1.65. The normalized spacial score (nSPS) is 18.5. The Labute approximate surface area is 170 Å². The number of amides is 2. The molecule has 0 spiro atoms. The van der Waals surface area contributed by atoms with Crippen molar-refractivity contribution in [2.75, 3.05) is 20.2 Å². The molecular weight excluding hydrogens is 368 g/mol. The van der Waals surface area contributed by atoms with Crippen LogP contribution in [0, 0.1) is 0 Å². The van der Waals surface area contributed by atoms with E-state index in [2.05, 4.69) is 4.98 Å². The predicted molar refractivity (Wildman–Crippen MR) is 107 cm³/mol. The van der Waals surface area contributed by atoms with Crippen LogP contribution >= 0.6 is 0 Å². The fourth-order valence-electron chi connectivity index (χ4n) is 4.19. The lowest BCUT2D eigenvalue weighted by molar-refractivity contribution is -0.131. The number of hydrogen-bond donors (Lipinski definition) is 0. The van der Waals surface area contributed by atoms with Gasteiger partial charge in [0.15, 0.2) is 5.82 Å². The van der Waals surface area contributed by atoms with E-state index >= 15 is 0 Å². The average Bonchev–Trinajstić information content (AvgIpc) is 3.23. The third kappa shape index (κ3) is 4.09. The van der Waals surface area contributed by atoms with Crippen molar-refractivity contribution >= 4 is 11.8 Å². The van der Waals surface area contributed by atoms with Gasteiger partial charge in [-0.2, -0.15) is 0 Å². The van der Waals surface area contributed by atoms with Crippen LogP contribution in [0.3, 0.4) is 0 Å². The average molecular weight is 394 g/mol. The van der Waals surface area contributed by atoms with Gasteiger partial charge in [0.25, 0.3) is 0 Å². The summed E-state index contributed by atoms with van der Waals surface area (Å²) in [4.78, 5) is 37.7. The van der Waals surface area contributed by atoms with Gasteiger partial charge in [-0.25, -0.2) is 9.97 Å². The van der Waals surface area contributed by atoms with E-state index < -0.39 is 0 Å². The first-order chi connectivity index (χ1) is 14.0. The van der Waals surface area contributed by atoms with E-state index in [4.69, 9.17) is 9.72 Å². The highest BCUT2D eigenvalue weighted by Crippen LogP contribution is 2.30. The Balaban J connectivity index is 1.45. The Morgan fingerprint density at radius 2 is 2.14 bits per heavy atom. The van der Waals surface area contributed by atoms with Crippen molar-refractivity contribution in [2.24, 2.45) is 0 Å². The van der Waals surface area contributed by atoms with E-state index in [0.29, 0.717) is 25.9 Å². The summed E-state index contributed by atoms with van der Waals surface area (Å²) in [5, 5.41) is 0. The number of likely N-dealkylation sites (tertiary alicyclic amines) is 1. The van der Waals surface area contributed by atoms with Gasteiger partial charge in [-0.3, -0.25) is 9.59 Å². The number of fused-ring (bicyclic) bond motifs is 1. The Bertz CT molecular complexity index is 930. The number of carbonyl (C=O) groups is 2. The molecule has 0 radical (unpaired) electrons. The second kappa shape index (κ2) is 8.19. The van der Waals surface area contributed by atoms with E-state index in [1.807, 2.05) is 40.3 Å². The summed E-state index contributed by atoms with van der Waals surface area (Å²) in [6, 6.07) is 7.59. The number of nitrogens with zero attached hydrogens (tertiary/aromatic N) is 4. The molecule has 2 aliphatic rings. The minimum atomic E-state index is -0.0227. The summed E-state index contributed by atoms with van der Waals surface area (Å²) >= 11 is 0. The summed E-state index contributed by atoms with van der Waals surface area (Å²) in [7, 11) is 1.62. The first-order valence-corrected chi connectivity index (χ1v) is 10.1. The van der Waals surface area contributed by atoms with Crippen LogP contribution in [0.2, 0.25) is 0 Å². The van der Waals surface area contributed by atoms with Gasteiger partial charge in [0.2, 0.25) is 11.8 Å². The van der Waals surface area contributed by atoms with Crippen LogP contribution in [0.4, 0.5) is 0 Å². The van der Waals surface area contributed by atoms with Crippen LogP contribution in [0.15, 0.2) is 30.5 Å². The van der Waals surface area contributed by atoms with E-state index in [1.165, 1.54) is 0 Å². The molecule has 7 nitrogen and oxygen atoms in total. The molecule has 1 fully saturated rings. The number of benzene rings is 1. The Morgan fingerprint density at radius 3 is 2.93 bits per heavy atom. The molecule has 152 valence electrons. The third-order valence-corrected chi connectivity index (χ3v) is 5.75. The minimum Gasteiger partial charge on any atom is -0.497 e. The molecule has 4 rings (SSSR count). The lowest BCUT2D eigenvalue weighted by Crippen LogP contribution is -2.38. The summed E-state index contributed by atoms with van der Waals surface area (Å²) in [5.41, 5.74) is 2.93. The molecule has 2 aromatic rings. The molecule has 1 saturated heterocycles. The first-order valence-electron chi connectivity index (χ1n) is 10.1. The highest BCUT2D eigenvalue weighted by Gasteiger charge is 2.31. The quantitative estimate of drug-likeness (QED) is 0.795. The number of hydrogen-bond acceptors (Lipinski definition) is 5. The van der Waals surface area contributed by atoms with Crippen molar-refractivity contribution in [3.05, 3.63) is 53.1 Å². The number of rotatable bonds is 4. The van der Waals surface area contributed by atoms with Gasteiger partial charge in [-0.05, 0) is 30.5 Å². The molecule has 1 aromatic heterocycles. The van der Waals surface area contributed by atoms with Crippen LogP contribution in [0.25, 0.3) is 0 Å². The number of aromatic nitrogens is 2. The zero-order valence-electron chi connectivity index (χ0n) is 16.9. The van der Waals surface area contributed by atoms with Crippen molar-refractivity contribution in [3.63, 3.8) is 0 Å². The van der Waals surface area contributed by atoms with Gasteiger partial charge in [0, 0.05) is 44.7 Å². The number of methoxy groups -OCH3 is 1. The standard InChI is InChI=1S/C22H26N4O3/c1-15(27)26-9-4-7-20(26)22-23-13-17-14-25(10-8-19(17)24-22)21(28)12-16-5-3-6-18(11-16)29-2/h3,5-6,11,13,20H,4,7-10,12,14H2,1-2H3/t20-/m1/s1. The van der Waals surface area contributed by atoms with Crippen LogP contribution in [-0.2, 0) is 29.0 Å². The maximum atomic E-state index is 12.8. The molecule has 0 saturated carbocycles. The molecular formula is C22H26N4O3. The van der Waals surface area contributed by atoms with Gasteiger partial charge in [0.05, 0.1) is 25.3 Å². The zero-order chi connectivity index (χ0) is 20.4. The summed E-state index contributed by atoms with van der Waals surface area (Å²) in [6.45, 7) is 3.54. The lowest BCUT2D eigenvalue weighted by Gasteiger charge is -2.29. The smallest absolute Gasteiger partial charge is 0.227 e. The number of ether oxygens (including phenoxy) is 1. The topological polar surface area (TPSA) is 75.6 Å². The van der Waals surface area contributed by atoms with Crippen LogP contribution < -0.4 is 4.74 Å². The maximum Gasteiger partial charge on any atom is 0.227 e. The Hall–Kier alpha value is -2.96. The maximum absolute atomic E-state index is 12.8. The fourth-order valence-corrected chi connectivity index (χ4v) is 4.19. The van der Waals surface area contributed by atoms with Crippen LogP contribution in [0.5, 0.6) is 5.75 Å². The van der Waals surface area contributed by atoms with Gasteiger partial charge in [-0.15, -0.1) is 0 Å². The highest BCUT2D eigenvalue weighted by atomic mass is 16.5. The first kappa shape index (κ1) is 19.4. The molecule has 3 heterocycles. The molecule has 2 aliphatic heterocycles. The monoisotopic (exact) mass is 394 g/mol. The van der Waals surface area contributed by atoms with E-state index in [0.717, 1.165) is 47.8 Å². The van der Waals surface area contributed by atoms with Crippen molar-refractivity contribution in [3.8, 4) is 5.75 Å². The predicted octanol–water partition coefficient (Wildman–Crippen LogP) is 2.30. The molecule has 0 unspecified atom stereocenters. The van der Waals surface area contributed by atoms with Gasteiger partial charge in [0.1, 0.15) is 5.75 Å². The number of carbonyl (C=O) groups excluding carboxylic acids is 2. The second-order valence-electron chi connectivity index (χ2n) is 7.66. The van der Waals surface area contributed by atoms with Crippen LogP contribution in [-0.4, -0.2) is 51.8 Å². The summed E-state index contributed by atoms with van der Waals surface area (Å²) < 4.78 is 5.24. The molecule has 0 aliphatic carbocycles. The zero-order valence-corrected chi connectivity index (χ0v) is 16.9. The van der Waals surface area contributed by atoms with Crippen LogP contribution in [0.1, 0.15) is 48.5 Å². The van der Waals surface area contributed by atoms with Crippen molar-refractivity contribution in [1.29, 1.82) is 0 Å². The van der Waals surface area contributed by atoms with E-state index in [9.17, 15) is 9.59 Å². The van der Waals surface area contributed by atoms with E-state index in [-0.39, 0.29) is 17.9 Å². The molecule has 0 bridgehead atoms. The Morgan fingerprint density at radius 1 is 1.28 bits per heavy atom. The van der Waals surface area contributed by atoms with Crippen molar-refractivity contribution < 1.29 is 14.3 Å². The third-order valence-electron chi connectivity index (χ3n) is 5.75. The fraction of sp³-hybridized carbons (Fsp3) is 0.455. The summed E-state index contributed by atoms with van der Waals surface area (Å²) in [6.07, 6.45) is 4.78. The van der Waals surface area contributed by atoms with Gasteiger partial charge in [-0.1, -0.05) is 12.1 Å². The highest BCUT2D eigenvalue weighted by molar-refractivity contribution is 5.79. The molecule has 2 amide bonds. The lowest BCUT2D eigenvalue weighted by atomic mass is 10.0. The minimum absolute atomic E-state index is 0.0227. The van der Waals surface area contributed by atoms with Gasteiger partial charge >= 0.3 is 0 Å². The second-order valence-corrected chi connectivity index (χ2v) is 7.66. The molecule has 29 heavy (non-hydrogen) atoms. The van der Waals surface area contributed by atoms with E-state index in [1.54, 1.807) is 14.0 Å². The molecule has 7 heteroatoms. The largest absolute Gasteiger partial charge is 0.497 e. The Kier molecular flexibility index (Phi) is 5.47. The SMILES string of the molecule is COc1cccc(CC(=O)N2CCc3nc([C@H]4CCCN4C(C)=O)ncc3C2)c1. The molecule has 0 N–H and O–H groups in total. The molecule has 1 aromatic carbocycles. The molecule has 1 atom stereocenters.